The molecular weight excluding hydrogens is 300 g/mol. The predicted octanol–water partition coefficient (Wildman–Crippen LogP) is 2.13. The Balaban J connectivity index is 2.03. The molecule has 0 aliphatic rings. The first-order valence-electron chi connectivity index (χ1n) is 6.53. The van der Waals surface area contributed by atoms with E-state index >= 15 is 0 Å². The van der Waals surface area contributed by atoms with E-state index in [2.05, 4.69) is 5.43 Å². The highest BCUT2D eigenvalue weighted by molar-refractivity contribution is 7.12. The summed E-state index contributed by atoms with van der Waals surface area (Å²) >= 11 is 1.26. The summed E-state index contributed by atoms with van der Waals surface area (Å²) in [4.78, 5) is 35.2. The maximum atomic E-state index is 12.1. The number of rotatable bonds is 5. The summed E-state index contributed by atoms with van der Waals surface area (Å²) in [6.45, 7) is -0.213. The summed E-state index contributed by atoms with van der Waals surface area (Å²) in [7, 11) is 0. The monoisotopic (exact) mass is 314 g/mol. The average molecular weight is 314 g/mol. The molecule has 1 aromatic carbocycles. The molecule has 1 heterocycles. The molecule has 0 unspecified atom stereocenters. The second kappa shape index (κ2) is 7.90. The standard InChI is InChI=1S/C16H14N2O3S/c19-11-10-18(17-16(21)14-7-4-12-22-14)15(20)9-8-13-5-2-1-3-6-13/h1-9,11-12H,10H2,(H,17,21). The van der Waals surface area contributed by atoms with E-state index in [9.17, 15) is 14.4 Å². The van der Waals surface area contributed by atoms with Crippen LogP contribution in [0.15, 0.2) is 53.9 Å². The van der Waals surface area contributed by atoms with Crippen LogP contribution in [0, 0.1) is 0 Å². The number of aldehydes is 1. The van der Waals surface area contributed by atoms with Gasteiger partial charge in [0.2, 0.25) is 0 Å². The van der Waals surface area contributed by atoms with Crippen LogP contribution in [0.25, 0.3) is 6.08 Å². The third-order valence-electron chi connectivity index (χ3n) is 2.72. The van der Waals surface area contributed by atoms with Crippen LogP contribution in [0.3, 0.4) is 0 Å². The lowest BCUT2D eigenvalue weighted by Gasteiger charge is -2.18. The van der Waals surface area contributed by atoms with Crippen LogP contribution in [-0.2, 0) is 9.59 Å². The van der Waals surface area contributed by atoms with Crippen molar-refractivity contribution in [1.82, 2.24) is 10.4 Å². The van der Waals surface area contributed by atoms with Crippen LogP contribution < -0.4 is 5.43 Å². The highest BCUT2D eigenvalue weighted by Crippen LogP contribution is 2.08. The molecule has 0 saturated heterocycles. The van der Waals surface area contributed by atoms with Gasteiger partial charge in [-0.15, -0.1) is 11.3 Å². The minimum atomic E-state index is -0.471. The molecule has 0 fully saturated rings. The lowest BCUT2D eigenvalue weighted by Crippen LogP contribution is -2.46. The minimum Gasteiger partial charge on any atom is -0.301 e. The van der Waals surface area contributed by atoms with Gasteiger partial charge in [0, 0.05) is 6.08 Å². The highest BCUT2D eigenvalue weighted by Gasteiger charge is 2.15. The molecule has 0 bridgehead atoms. The Morgan fingerprint density at radius 1 is 1.14 bits per heavy atom. The van der Waals surface area contributed by atoms with Crippen LogP contribution >= 0.6 is 11.3 Å². The molecule has 1 N–H and O–H groups in total. The molecule has 1 aromatic heterocycles. The fraction of sp³-hybridized carbons (Fsp3) is 0.0625. The minimum absolute atomic E-state index is 0.213. The number of hydrogen-bond acceptors (Lipinski definition) is 4. The Kier molecular flexibility index (Phi) is 5.62. The van der Waals surface area contributed by atoms with Gasteiger partial charge in [-0.2, -0.15) is 0 Å². The average Bonchev–Trinajstić information content (AvgIpc) is 3.07. The Morgan fingerprint density at radius 2 is 1.91 bits per heavy atom. The van der Waals surface area contributed by atoms with Crippen molar-refractivity contribution in [3.63, 3.8) is 0 Å². The van der Waals surface area contributed by atoms with Crippen molar-refractivity contribution in [3.8, 4) is 0 Å². The van der Waals surface area contributed by atoms with E-state index in [1.807, 2.05) is 30.3 Å². The van der Waals surface area contributed by atoms with E-state index in [0.717, 1.165) is 10.6 Å². The Bertz CT molecular complexity index is 666. The first-order chi connectivity index (χ1) is 10.7. The van der Waals surface area contributed by atoms with Gasteiger partial charge in [-0.25, -0.2) is 5.01 Å². The SMILES string of the molecule is O=CCN(NC(=O)c1cccs1)C(=O)C=Cc1ccccc1. The number of benzene rings is 1. The van der Waals surface area contributed by atoms with Crippen LogP contribution in [0.1, 0.15) is 15.2 Å². The van der Waals surface area contributed by atoms with Gasteiger partial charge in [0.05, 0.1) is 11.4 Å². The second-order valence-corrected chi connectivity index (χ2v) is 5.23. The Morgan fingerprint density at radius 3 is 2.55 bits per heavy atom. The number of amides is 2. The fourth-order valence-electron chi connectivity index (χ4n) is 1.67. The van der Waals surface area contributed by atoms with Crippen molar-refractivity contribution in [2.24, 2.45) is 0 Å². The van der Waals surface area contributed by atoms with Crippen molar-refractivity contribution < 1.29 is 14.4 Å². The number of hydrogen-bond donors (Lipinski definition) is 1. The largest absolute Gasteiger partial charge is 0.301 e. The molecule has 2 rings (SSSR count). The number of thiophene rings is 1. The maximum Gasteiger partial charge on any atom is 0.279 e. The molecule has 0 aliphatic heterocycles. The van der Waals surface area contributed by atoms with Gasteiger partial charge in [0.1, 0.15) is 6.29 Å². The van der Waals surface area contributed by atoms with Gasteiger partial charge in [-0.1, -0.05) is 36.4 Å². The number of nitrogens with zero attached hydrogens (tertiary/aromatic N) is 1. The maximum absolute atomic E-state index is 12.1. The molecular formula is C16H14N2O3S. The van der Waals surface area contributed by atoms with Gasteiger partial charge in [-0.05, 0) is 23.1 Å². The van der Waals surface area contributed by atoms with Crippen LogP contribution in [0.2, 0.25) is 0 Å². The molecule has 2 amide bonds. The lowest BCUT2D eigenvalue weighted by atomic mass is 10.2. The van der Waals surface area contributed by atoms with Crippen molar-refractivity contribution >= 4 is 35.5 Å². The fourth-order valence-corrected chi connectivity index (χ4v) is 2.29. The highest BCUT2D eigenvalue weighted by atomic mass is 32.1. The number of hydrazine groups is 1. The van der Waals surface area contributed by atoms with Crippen molar-refractivity contribution in [1.29, 1.82) is 0 Å². The van der Waals surface area contributed by atoms with Crippen LogP contribution in [0.5, 0.6) is 0 Å². The molecule has 0 radical (unpaired) electrons. The number of carbonyl (C=O) groups excluding carboxylic acids is 3. The summed E-state index contributed by atoms with van der Waals surface area (Å²) < 4.78 is 0. The molecule has 0 spiro atoms. The van der Waals surface area contributed by atoms with Gasteiger partial charge >= 0.3 is 0 Å². The zero-order valence-corrected chi connectivity index (χ0v) is 12.5. The van der Waals surface area contributed by atoms with Crippen LogP contribution in [0.4, 0.5) is 0 Å². The third kappa shape index (κ3) is 4.39. The van der Waals surface area contributed by atoms with Crippen molar-refractivity contribution in [3.05, 3.63) is 64.4 Å². The first-order valence-corrected chi connectivity index (χ1v) is 7.41. The van der Waals surface area contributed by atoms with Gasteiger partial charge in [0.15, 0.2) is 0 Å². The number of nitrogens with one attached hydrogen (secondary N) is 1. The van der Waals surface area contributed by atoms with E-state index in [1.54, 1.807) is 23.6 Å². The Labute approximate surface area is 131 Å². The van der Waals surface area contributed by atoms with E-state index < -0.39 is 11.8 Å². The number of carbonyl (C=O) groups is 3. The van der Waals surface area contributed by atoms with Gasteiger partial charge in [-0.3, -0.25) is 15.0 Å². The summed E-state index contributed by atoms with van der Waals surface area (Å²) in [6.07, 6.45) is 3.49. The van der Waals surface area contributed by atoms with E-state index in [4.69, 9.17) is 0 Å². The summed E-state index contributed by atoms with van der Waals surface area (Å²) in [6, 6.07) is 12.7. The molecule has 0 saturated carbocycles. The van der Waals surface area contributed by atoms with E-state index in [0.29, 0.717) is 11.2 Å². The normalized spacial score (nSPS) is 10.4. The van der Waals surface area contributed by atoms with E-state index in [1.165, 1.54) is 17.4 Å². The third-order valence-corrected chi connectivity index (χ3v) is 3.59. The van der Waals surface area contributed by atoms with Gasteiger partial charge < -0.3 is 4.79 Å². The topological polar surface area (TPSA) is 66.5 Å². The second-order valence-electron chi connectivity index (χ2n) is 4.28. The smallest absolute Gasteiger partial charge is 0.279 e. The first kappa shape index (κ1) is 15.7. The molecule has 5 nitrogen and oxygen atoms in total. The van der Waals surface area contributed by atoms with Crippen molar-refractivity contribution in [2.75, 3.05) is 6.54 Å². The molecule has 2 aromatic rings. The van der Waals surface area contributed by atoms with Crippen LogP contribution in [-0.4, -0.2) is 29.7 Å². The zero-order chi connectivity index (χ0) is 15.8. The molecule has 0 atom stereocenters. The van der Waals surface area contributed by atoms with Gasteiger partial charge in [0.25, 0.3) is 11.8 Å². The quantitative estimate of drug-likeness (QED) is 0.522. The van der Waals surface area contributed by atoms with E-state index in [-0.39, 0.29) is 6.54 Å². The summed E-state index contributed by atoms with van der Waals surface area (Å²) in [5.41, 5.74) is 3.28. The molecule has 112 valence electrons. The lowest BCUT2D eigenvalue weighted by molar-refractivity contribution is -0.130. The van der Waals surface area contributed by atoms with Crippen molar-refractivity contribution in [2.45, 2.75) is 0 Å². The predicted molar refractivity (Wildman–Crippen MR) is 85.0 cm³/mol. The summed E-state index contributed by atoms with van der Waals surface area (Å²) in [5, 5.41) is 2.74. The molecule has 22 heavy (non-hydrogen) atoms. The Hall–Kier alpha value is -2.73. The molecule has 6 heteroatoms. The zero-order valence-electron chi connectivity index (χ0n) is 11.6. The molecule has 0 aliphatic carbocycles. The summed E-state index contributed by atoms with van der Waals surface area (Å²) in [5.74, 6) is -0.890.